The largest absolute Gasteiger partial charge is 0.380 e. The number of nitro groups is 1. The summed E-state index contributed by atoms with van der Waals surface area (Å²) in [4.78, 5) is 19.0. The molecule has 0 aliphatic heterocycles. The number of rotatable bonds is 7. The fraction of sp³-hybridized carbons (Fsp3) is 0.105. The third-order valence-corrected chi connectivity index (χ3v) is 3.89. The standard InChI is InChI=1S/C19H16N6O2/c20-9-16-17(23-12-14-3-1-7-21-10-14)5-6-18(25(26)27)19(16)24-13-15-4-2-8-22-11-15/h1-8,10-11,23-24H,12-13H2. The number of benzene rings is 1. The van der Waals surface area contributed by atoms with Gasteiger partial charge in [0.1, 0.15) is 17.3 Å². The molecule has 0 unspecified atom stereocenters. The third kappa shape index (κ3) is 4.35. The van der Waals surface area contributed by atoms with Gasteiger partial charge in [-0.05, 0) is 29.3 Å². The van der Waals surface area contributed by atoms with Gasteiger partial charge in [-0.3, -0.25) is 20.1 Å². The van der Waals surface area contributed by atoms with Crippen LogP contribution in [-0.4, -0.2) is 14.9 Å². The fourth-order valence-electron chi connectivity index (χ4n) is 2.58. The highest BCUT2D eigenvalue weighted by Crippen LogP contribution is 2.34. The molecule has 134 valence electrons. The molecular weight excluding hydrogens is 344 g/mol. The molecule has 2 N–H and O–H groups in total. The third-order valence-electron chi connectivity index (χ3n) is 3.89. The summed E-state index contributed by atoms with van der Waals surface area (Å²) in [6, 6.07) is 12.4. The molecule has 8 heteroatoms. The summed E-state index contributed by atoms with van der Waals surface area (Å²) >= 11 is 0. The van der Waals surface area contributed by atoms with Gasteiger partial charge in [0.2, 0.25) is 0 Å². The van der Waals surface area contributed by atoms with Crippen LogP contribution in [-0.2, 0) is 13.1 Å². The van der Waals surface area contributed by atoms with Crippen molar-refractivity contribution in [2.75, 3.05) is 10.6 Å². The molecule has 0 spiro atoms. The van der Waals surface area contributed by atoms with Crippen LogP contribution in [0.1, 0.15) is 16.7 Å². The van der Waals surface area contributed by atoms with E-state index in [1.54, 1.807) is 36.9 Å². The Morgan fingerprint density at radius 1 is 1.00 bits per heavy atom. The van der Waals surface area contributed by atoms with Crippen LogP contribution in [0.15, 0.2) is 61.2 Å². The molecule has 2 heterocycles. The second kappa shape index (κ2) is 8.40. The number of pyridine rings is 2. The average Bonchev–Trinajstić information content (AvgIpc) is 2.71. The van der Waals surface area contributed by atoms with Crippen molar-refractivity contribution >= 4 is 17.1 Å². The van der Waals surface area contributed by atoms with Gasteiger partial charge in [0, 0.05) is 43.9 Å². The summed E-state index contributed by atoms with van der Waals surface area (Å²) in [6.07, 6.45) is 6.70. The van der Waals surface area contributed by atoms with Gasteiger partial charge in [-0.2, -0.15) is 5.26 Å². The lowest BCUT2D eigenvalue weighted by molar-refractivity contribution is -0.384. The van der Waals surface area contributed by atoms with E-state index < -0.39 is 4.92 Å². The molecule has 1 aromatic carbocycles. The van der Waals surface area contributed by atoms with Crippen LogP contribution in [0.2, 0.25) is 0 Å². The van der Waals surface area contributed by atoms with E-state index in [0.29, 0.717) is 18.8 Å². The van der Waals surface area contributed by atoms with E-state index in [9.17, 15) is 15.4 Å². The zero-order valence-electron chi connectivity index (χ0n) is 14.3. The minimum Gasteiger partial charge on any atom is -0.380 e. The van der Waals surface area contributed by atoms with Crippen LogP contribution < -0.4 is 10.6 Å². The summed E-state index contributed by atoms with van der Waals surface area (Å²) in [7, 11) is 0. The molecule has 3 rings (SSSR count). The Kier molecular flexibility index (Phi) is 5.54. The van der Waals surface area contributed by atoms with Gasteiger partial charge in [0.25, 0.3) is 5.69 Å². The van der Waals surface area contributed by atoms with E-state index in [-0.39, 0.29) is 16.9 Å². The highest BCUT2D eigenvalue weighted by Gasteiger charge is 2.21. The molecule has 0 radical (unpaired) electrons. The Morgan fingerprint density at radius 3 is 2.15 bits per heavy atom. The van der Waals surface area contributed by atoms with Crippen molar-refractivity contribution in [3.63, 3.8) is 0 Å². The molecular formula is C19H16N6O2. The van der Waals surface area contributed by atoms with Gasteiger partial charge in [-0.25, -0.2) is 0 Å². The average molecular weight is 360 g/mol. The number of aromatic nitrogens is 2. The van der Waals surface area contributed by atoms with E-state index >= 15 is 0 Å². The lowest BCUT2D eigenvalue weighted by atomic mass is 10.1. The van der Waals surface area contributed by atoms with Crippen LogP contribution in [0.25, 0.3) is 0 Å². The number of nitro benzene ring substituents is 1. The molecule has 0 amide bonds. The molecule has 0 aliphatic carbocycles. The summed E-state index contributed by atoms with van der Waals surface area (Å²) < 4.78 is 0. The Labute approximate surface area is 155 Å². The van der Waals surface area contributed by atoms with Gasteiger partial charge in [-0.15, -0.1) is 0 Å². The highest BCUT2D eigenvalue weighted by molar-refractivity contribution is 5.79. The molecule has 3 aromatic rings. The van der Waals surface area contributed by atoms with Crippen LogP contribution in [0, 0.1) is 21.4 Å². The van der Waals surface area contributed by atoms with Crippen LogP contribution in [0.4, 0.5) is 17.1 Å². The summed E-state index contributed by atoms with van der Waals surface area (Å²) in [6.45, 7) is 0.762. The van der Waals surface area contributed by atoms with Crippen LogP contribution in [0.3, 0.4) is 0 Å². The van der Waals surface area contributed by atoms with Gasteiger partial charge in [0.05, 0.1) is 10.6 Å². The Hall–Kier alpha value is -3.99. The van der Waals surface area contributed by atoms with Crippen molar-refractivity contribution in [2.24, 2.45) is 0 Å². The Bertz CT molecular complexity index is 971. The van der Waals surface area contributed by atoms with Crippen molar-refractivity contribution in [1.29, 1.82) is 5.26 Å². The lowest BCUT2D eigenvalue weighted by Crippen LogP contribution is -2.08. The number of hydrogen-bond donors (Lipinski definition) is 2. The maximum Gasteiger partial charge on any atom is 0.293 e. The first-order chi connectivity index (χ1) is 13.2. The summed E-state index contributed by atoms with van der Waals surface area (Å²) in [5.41, 5.74) is 2.52. The molecule has 0 atom stereocenters. The normalized spacial score (nSPS) is 10.0. The number of nitrogens with zero attached hydrogens (tertiary/aromatic N) is 4. The Balaban J connectivity index is 1.88. The van der Waals surface area contributed by atoms with Crippen LogP contribution >= 0.6 is 0 Å². The molecule has 0 aliphatic rings. The number of hydrogen-bond acceptors (Lipinski definition) is 7. The van der Waals surface area contributed by atoms with Crippen LogP contribution in [0.5, 0.6) is 0 Å². The van der Waals surface area contributed by atoms with E-state index in [1.165, 1.54) is 6.07 Å². The highest BCUT2D eigenvalue weighted by atomic mass is 16.6. The Morgan fingerprint density at radius 2 is 1.63 bits per heavy atom. The maximum atomic E-state index is 11.4. The quantitative estimate of drug-likeness (QED) is 0.489. The van der Waals surface area contributed by atoms with Gasteiger partial charge in [0.15, 0.2) is 0 Å². The van der Waals surface area contributed by atoms with E-state index in [4.69, 9.17) is 0 Å². The molecule has 0 saturated carbocycles. The first-order valence-electron chi connectivity index (χ1n) is 8.16. The minimum atomic E-state index is -0.503. The second-order valence-electron chi connectivity index (χ2n) is 5.68. The van der Waals surface area contributed by atoms with Crippen molar-refractivity contribution < 1.29 is 4.92 Å². The van der Waals surface area contributed by atoms with Gasteiger partial charge < -0.3 is 10.6 Å². The smallest absolute Gasteiger partial charge is 0.293 e. The molecule has 27 heavy (non-hydrogen) atoms. The fourth-order valence-corrected chi connectivity index (χ4v) is 2.58. The number of nitriles is 1. The summed E-state index contributed by atoms with van der Waals surface area (Å²) in [5.74, 6) is 0. The zero-order chi connectivity index (χ0) is 19.1. The van der Waals surface area contributed by atoms with Gasteiger partial charge in [-0.1, -0.05) is 12.1 Å². The van der Waals surface area contributed by atoms with E-state index in [0.717, 1.165) is 11.1 Å². The van der Waals surface area contributed by atoms with E-state index in [2.05, 4.69) is 26.7 Å². The first-order valence-corrected chi connectivity index (χ1v) is 8.16. The summed E-state index contributed by atoms with van der Waals surface area (Å²) in [5, 5.41) is 27.2. The topological polar surface area (TPSA) is 117 Å². The lowest BCUT2D eigenvalue weighted by Gasteiger charge is -2.14. The van der Waals surface area contributed by atoms with Crippen molar-refractivity contribution in [3.05, 3.63) is 88.0 Å². The first kappa shape index (κ1) is 17.8. The SMILES string of the molecule is N#Cc1c(NCc2cccnc2)ccc([N+](=O)[O-])c1NCc1cccnc1. The van der Waals surface area contributed by atoms with Gasteiger partial charge >= 0.3 is 0 Å². The van der Waals surface area contributed by atoms with Crippen molar-refractivity contribution in [3.8, 4) is 6.07 Å². The van der Waals surface area contributed by atoms with Crippen molar-refractivity contribution in [2.45, 2.75) is 13.1 Å². The minimum absolute atomic E-state index is 0.151. The maximum absolute atomic E-state index is 11.4. The molecule has 2 aromatic heterocycles. The molecule has 8 nitrogen and oxygen atoms in total. The molecule has 0 bridgehead atoms. The predicted octanol–water partition coefficient (Wildman–Crippen LogP) is 3.48. The second-order valence-corrected chi connectivity index (χ2v) is 5.68. The zero-order valence-corrected chi connectivity index (χ0v) is 14.3. The predicted molar refractivity (Wildman–Crippen MR) is 101 cm³/mol. The van der Waals surface area contributed by atoms with Crippen molar-refractivity contribution in [1.82, 2.24) is 9.97 Å². The number of nitrogens with one attached hydrogen (secondary N) is 2. The molecule has 0 fully saturated rings. The monoisotopic (exact) mass is 360 g/mol. The number of anilines is 2. The molecule has 0 saturated heterocycles. The van der Waals surface area contributed by atoms with E-state index in [1.807, 2.05) is 18.2 Å².